The number of aliphatic imine (C=N–C) groups is 1. The average molecular weight is 520 g/mol. The number of esters is 1. The predicted molar refractivity (Wildman–Crippen MR) is 138 cm³/mol. The molecule has 0 aromatic heterocycles. The highest BCUT2D eigenvalue weighted by Crippen LogP contribution is 2.37. The first-order chi connectivity index (χ1) is 16.4. The Kier molecular flexibility index (Phi) is 7.24. The molecule has 0 radical (unpaired) electrons. The Morgan fingerprint density at radius 3 is 2.50 bits per heavy atom. The summed E-state index contributed by atoms with van der Waals surface area (Å²) in [5.74, 6) is -1.20. The Balaban J connectivity index is 1.77. The molecule has 174 valence electrons. The van der Waals surface area contributed by atoms with Gasteiger partial charge in [0.15, 0.2) is 0 Å². The van der Waals surface area contributed by atoms with Crippen LogP contribution in [0.25, 0.3) is 0 Å². The standard InChI is InChI=1S/C27H26BrN3O3/c1-4-34-27(33)18-11-13-21-23(14-18)30-26(32)24(21)25(17-8-6-5-7-9-17)29-20-12-10-19(16-31(2)3)22(28)15-20/h5-15,24H,4,16H2,1-3H3,(H,30,32). The number of carbonyl (C=O) groups is 2. The lowest BCUT2D eigenvalue weighted by atomic mass is 9.90. The molecule has 1 amide bonds. The fraction of sp³-hybridized carbons (Fsp3) is 0.222. The van der Waals surface area contributed by atoms with Gasteiger partial charge in [0.05, 0.1) is 23.6 Å². The quantitative estimate of drug-likeness (QED) is 0.328. The lowest BCUT2D eigenvalue weighted by Crippen LogP contribution is -2.22. The van der Waals surface area contributed by atoms with E-state index in [0.29, 0.717) is 23.6 Å². The molecule has 0 spiro atoms. The molecule has 1 heterocycles. The van der Waals surface area contributed by atoms with Gasteiger partial charge in [-0.1, -0.05) is 58.4 Å². The minimum absolute atomic E-state index is 0.179. The van der Waals surface area contributed by atoms with Gasteiger partial charge < -0.3 is 15.0 Å². The number of benzene rings is 3. The van der Waals surface area contributed by atoms with Gasteiger partial charge in [-0.3, -0.25) is 9.79 Å². The van der Waals surface area contributed by atoms with Crippen molar-refractivity contribution in [1.82, 2.24) is 4.90 Å². The molecule has 1 N–H and O–H groups in total. The van der Waals surface area contributed by atoms with Gasteiger partial charge in [0.25, 0.3) is 0 Å². The first kappa shape index (κ1) is 23.9. The van der Waals surface area contributed by atoms with Crippen LogP contribution in [0.2, 0.25) is 0 Å². The Hall–Kier alpha value is -3.29. The lowest BCUT2D eigenvalue weighted by molar-refractivity contribution is -0.115. The number of halogens is 1. The number of amides is 1. The Morgan fingerprint density at radius 2 is 1.82 bits per heavy atom. The van der Waals surface area contributed by atoms with Crippen LogP contribution in [0, 0.1) is 0 Å². The molecule has 1 aliphatic rings. The van der Waals surface area contributed by atoms with E-state index in [-0.39, 0.29) is 5.91 Å². The van der Waals surface area contributed by atoms with Gasteiger partial charge in [-0.05, 0) is 62.0 Å². The third-order valence-corrected chi connectivity index (χ3v) is 6.25. The summed E-state index contributed by atoms with van der Waals surface area (Å²) in [5, 5.41) is 2.92. The lowest BCUT2D eigenvalue weighted by Gasteiger charge is -2.15. The fourth-order valence-electron chi connectivity index (χ4n) is 3.99. The summed E-state index contributed by atoms with van der Waals surface area (Å²) in [5.41, 5.74) is 5.19. The van der Waals surface area contributed by atoms with Crippen LogP contribution in [0.5, 0.6) is 0 Å². The second kappa shape index (κ2) is 10.3. The number of rotatable bonds is 7. The highest BCUT2D eigenvalue weighted by molar-refractivity contribution is 9.10. The Morgan fingerprint density at radius 1 is 1.06 bits per heavy atom. The molecule has 0 fully saturated rings. The zero-order chi connectivity index (χ0) is 24.2. The van der Waals surface area contributed by atoms with Crippen molar-refractivity contribution in [3.8, 4) is 0 Å². The number of ether oxygens (including phenoxy) is 1. The summed E-state index contributed by atoms with van der Waals surface area (Å²) in [6.07, 6.45) is 0. The summed E-state index contributed by atoms with van der Waals surface area (Å²) in [4.78, 5) is 32.4. The molecule has 7 heteroatoms. The molecule has 0 aliphatic carbocycles. The van der Waals surface area contributed by atoms with E-state index in [1.165, 1.54) is 0 Å². The number of nitrogens with zero attached hydrogens (tertiary/aromatic N) is 2. The van der Waals surface area contributed by atoms with Crippen molar-refractivity contribution in [2.24, 2.45) is 4.99 Å². The number of fused-ring (bicyclic) bond motifs is 1. The fourth-order valence-corrected chi connectivity index (χ4v) is 4.49. The van der Waals surface area contributed by atoms with E-state index in [1.807, 2.05) is 62.6 Å². The van der Waals surface area contributed by atoms with Crippen molar-refractivity contribution in [2.45, 2.75) is 19.4 Å². The molecule has 0 saturated carbocycles. The third-order valence-electron chi connectivity index (χ3n) is 5.51. The number of anilines is 1. The van der Waals surface area contributed by atoms with Crippen LogP contribution in [0.15, 0.2) is 76.2 Å². The zero-order valence-electron chi connectivity index (χ0n) is 19.3. The SMILES string of the molecule is CCOC(=O)c1ccc2c(c1)NC(=O)C2C(=Nc1ccc(CN(C)C)c(Br)c1)c1ccccc1. The number of hydrogen-bond donors (Lipinski definition) is 1. The molecule has 0 bridgehead atoms. The van der Waals surface area contributed by atoms with E-state index in [2.05, 4.69) is 26.1 Å². The maximum atomic E-state index is 13.2. The maximum absolute atomic E-state index is 13.2. The molecule has 34 heavy (non-hydrogen) atoms. The number of carbonyl (C=O) groups excluding carboxylic acids is 2. The summed E-state index contributed by atoms with van der Waals surface area (Å²) < 4.78 is 6.06. The summed E-state index contributed by atoms with van der Waals surface area (Å²) in [6, 6.07) is 20.8. The zero-order valence-corrected chi connectivity index (χ0v) is 20.9. The van der Waals surface area contributed by atoms with E-state index in [1.54, 1.807) is 25.1 Å². The first-order valence-electron chi connectivity index (χ1n) is 11.1. The molecule has 0 saturated heterocycles. The topological polar surface area (TPSA) is 71.0 Å². The minimum atomic E-state index is -0.603. The van der Waals surface area contributed by atoms with Crippen molar-refractivity contribution in [3.05, 3.63) is 93.5 Å². The smallest absolute Gasteiger partial charge is 0.338 e. The van der Waals surface area contributed by atoms with Crippen LogP contribution in [-0.2, 0) is 16.1 Å². The van der Waals surface area contributed by atoms with Crippen LogP contribution in [0.3, 0.4) is 0 Å². The maximum Gasteiger partial charge on any atom is 0.338 e. The van der Waals surface area contributed by atoms with Gasteiger partial charge in [-0.25, -0.2) is 4.79 Å². The van der Waals surface area contributed by atoms with Crippen molar-refractivity contribution < 1.29 is 14.3 Å². The number of nitrogens with one attached hydrogen (secondary N) is 1. The van der Waals surface area contributed by atoms with Gasteiger partial charge in [0.2, 0.25) is 5.91 Å². The van der Waals surface area contributed by atoms with Crippen molar-refractivity contribution in [2.75, 3.05) is 26.0 Å². The molecule has 6 nitrogen and oxygen atoms in total. The normalized spacial score (nSPS) is 15.3. The molecular weight excluding hydrogens is 494 g/mol. The minimum Gasteiger partial charge on any atom is -0.462 e. The first-order valence-corrected chi connectivity index (χ1v) is 11.9. The highest BCUT2D eigenvalue weighted by Gasteiger charge is 2.36. The van der Waals surface area contributed by atoms with E-state index in [4.69, 9.17) is 9.73 Å². The van der Waals surface area contributed by atoms with Gasteiger partial charge in [0, 0.05) is 16.7 Å². The second-order valence-electron chi connectivity index (χ2n) is 8.32. The molecule has 3 aromatic rings. The molecule has 1 aliphatic heterocycles. The van der Waals surface area contributed by atoms with Crippen LogP contribution in [0.1, 0.15) is 39.9 Å². The van der Waals surface area contributed by atoms with E-state index >= 15 is 0 Å². The third kappa shape index (κ3) is 5.11. The average Bonchev–Trinajstić information content (AvgIpc) is 3.14. The van der Waals surface area contributed by atoms with Crippen LogP contribution in [-0.4, -0.2) is 43.2 Å². The molecular formula is C27H26BrN3O3. The van der Waals surface area contributed by atoms with Crippen LogP contribution < -0.4 is 5.32 Å². The van der Waals surface area contributed by atoms with Crippen LogP contribution in [0.4, 0.5) is 11.4 Å². The largest absolute Gasteiger partial charge is 0.462 e. The van der Waals surface area contributed by atoms with E-state index in [0.717, 1.165) is 33.4 Å². The summed E-state index contributed by atoms with van der Waals surface area (Å²) in [7, 11) is 4.05. The monoisotopic (exact) mass is 519 g/mol. The Labute approximate surface area is 207 Å². The summed E-state index contributed by atoms with van der Waals surface area (Å²) in [6.45, 7) is 2.85. The Bertz CT molecular complexity index is 1260. The summed E-state index contributed by atoms with van der Waals surface area (Å²) >= 11 is 3.66. The van der Waals surface area contributed by atoms with E-state index in [9.17, 15) is 9.59 Å². The molecule has 3 aromatic carbocycles. The predicted octanol–water partition coefficient (Wildman–Crippen LogP) is 5.54. The number of hydrogen-bond acceptors (Lipinski definition) is 5. The highest BCUT2D eigenvalue weighted by atomic mass is 79.9. The van der Waals surface area contributed by atoms with E-state index < -0.39 is 11.9 Å². The second-order valence-corrected chi connectivity index (χ2v) is 9.18. The van der Waals surface area contributed by atoms with Gasteiger partial charge >= 0.3 is 5.97 Å². The molecule has 1 atom stereocenters. The van der Waals surface area contributed by atoms with Gasteiger partial charge in [-0.2, -0.15) is 0 Å². The molecule has 1 unspecified atom stereocenters. The van der Waals surface area contributed by atoms with Crippen molar-refractivity contribution >= 4 is 44.9 Å². The van der Waals surface area contributed by atoms with Crippen molar-refractivity contribution in [1.29, 1.82) is 0 Å². The van der Waals surface area contributed by atoms with Crippen molar-refractivity contribution in [3.63, 3.8) is 0 Å². The molecule has 4 rings (SSSR count). The van der Waals surface area contributed by atoms with Crippen LogP contribution >= 0.6 is 15.9 Å². The van der Waals surface area contributed by atoms with Gasteiger partial charge in [-0.15, -0.1) is 0 Å². The van der Waals surface area contributed by atoms with Gasteiger partial charge in [0.1, 0.15) is 5.92 Å².